The molecule has 2 saturated carbocycles. The summed E-state index contributed by atoms with van der Waals surface area (Å²) < 4.78 is 48.7. The molecular weight excluding hydrogens is 397 g/mol. The summed E-state index contributed by atoms with van der Waals surface area (Å²) in [6.45, 7) is 4.21. The van der Waals surface area contributed by atoms with Crippen molar-refractivity contribution in [1.82, 2.24) is 0 Å². The predicted molar refractivity (Wildman–Crippen MR) is 118 cm³/mol. The Kier molecular flexibility index (Phi) is 6.64. The van der Waals surface area contributed by atoms with Crippen molar-refractivity contribution in [2.45, 2.75) is 77.2 Å². The number of rotatable bonds is 5. The topological polar surface area (TPSA) is 9.23 Å². The molecule has 2 aliphatic rings. The summed E-state index contributed by atoms with van der Waals surface area (Å²) in [6.07, 6.45) is 6.03. The lowest BCUT2D eigenvalue weighted by atomic mass is 9.68. The number of alkyl halides is 2. The van der Waals surface area contributed by atoms with Crippen molar-refractivity contribution in [1.29, 1.82) is 0 Å². The highest BCUT2D eigenvalue weighted by Gasteiger charge is 2.38. The molecule has 0 radical (unpaired) electrons. The molecule has 2 aromatic rings. The van der Waals surface area contributed by atoms with Crippen molar-refractivity contribution in [3.05, 3.63) is 65.0 Å². The number of ether oxygens (including phenoxy) is 1. The van der Waals surface area contributed by atoms with E-state index in [0.717, 1.165) is 41.7 Å². The number of aryl methyl sites for hydroxylation is 1. The maximum absolute atomic E-state index is 14.7. The summed E-state index contributed by atoms with van der Waals surface area (Å²) >= 11 is 0. The maximum Gasteiger partial charge on any atom is 0.429 e. The second-order valence-corrected chi connectivity index (χ2v) is 9.80. The second-order valence-electron chi connectivity index (χ2n) is 9.80. The lowest BCUT2D eigenvalue weighted by Crippen LogP contribution is -2.25. The standard InChI is InChI=1S/C27H33F3O/c1-18-3-7-20(8-4-18)21-9-11-22(12-10-21)23-13-16-25(26(28)17-23)27(29,30)31-24-14-5-19(2)6-15-24/h5-6,13-18,20-22H,3-4,7-12H2,1-2H3. The summed E-state index contributed by atoms with van der Waals surface area (Å²) in [5.74, 6) is 1.87. The maximum atomic E-state index is 14.7. The minimum atomic E-state index is -3.71. The summed E-state index contributed by atoms with van der Waals surface area (Å²) in [5.41, 5.74) is 1.07. The van der Waals surface area contributed by atoms with Crippen LogP contribution < -0.4 is 4.74 Å². The van der Waals surface area contributed by atoms with E-state index in [1.54, 1.807) is 18.2 Å². The third-order valence-electron chi connectivity index (χ3n) is 7.54. The Morgan fingerprint density at radius 1 is 0.806 bits per heavy atom. The molecule has 4 heteroatoms. The van der Waals surface area contributed by atoms with Crippen molar-refractivity contribution < 1.29 is 17.9 Å². The highest BCUT2D eigenvalue weighted by molar-refractivity contribution is 5.31. The number of benzene rings is 2. The van der Waals surface area contributed by atoms with Crippen molar-refractivity contribution in [2.75, 3.05) is 0 Å². The van der Waals surface area contributed by atoms with Gasteiger partial charge in [0.05, 0.1) is 5.56 Å². The van der Waals surface area contributed by atoms with Gasteiger partial charge in [-0.05, 0) is 98.9 Å². The number of hydrogen-bond donors (Lipinski definition) is 0. The van der Waals surface area contributed by atoms with Crippen LogP contribution in [0, 0.1) is 30.5 Å². The molecule has 0 aromatic heterocycles. The van der Waals surface area contributed by atoms with Crippen LogP contribution in [0.4, 0.5) is 13.2 Å². The first-order chi connectivity index (χ1) is 14.8. The molecule has 2 aromatic carbocycles. The van der Waals surface area contributed by atoms with E-state index < -0.39 is 17.5 Å². The van der Waals surface area contributed by atoms with E-state index in [0.29, 0.717) is 0 Å². The molecule has 31 heavy (non-hydrogen) atoms. The molecule has 0 saturated heterocycles. The van der Waals surface area contributed by atoms with E-state index in [9.17, 15) is 13.2 Å². The fourth-order valence-corrected chi connectivity index (χ4v) is 5.51. The van der Waals surface area contributed by atoms with E-state index in [4.69, 9.17) is 4.74 Å². The zero-order valence-electron chi connectivity index (χ0n) is 18.5. The van der Waals surface area contributed by atoms with Gasteiger partial charge >= 0.3 is 6.11 Å². The quantitative estimate of drug-likeness (QED) is 0.463. The van der Waals surface area contributed by atoms with Gasteiger partial charge in [-0.15, -0.1) is 0 Å². The van der Waals surface area contributed by atoms with Crippen molar-refractivity contribution in [3.8, 4) is 5.75 Å². The van der Waals surface area contributed by atoms with Gasteiger partial charge in [0.15, 0.2) is 0 Å². The number of halogens is 3. The lowest BCUT2D eigenvalue weighted by Gasteiger charge is -2.37. The van der Waals surface area contributed by atoms with Crippen LogP contribution in [0.25, 0.3) is 0 Å². The minimum absolute atomic E-state index is 0.0227. The third-order valence-corrected chi connectivity index (χ3v) is 7.54. The molecule has 1 nitrogen and oxygen atoms in total. The number of hydrogen-bond acceptors (Lipinski definition) is 1. The van der Waals surface area contributed by atoms with Gasteiger partial charge in [0, 0.05) is 0 Å². The lowest BCUT2D eigenvalue weighted by molar-refractivity contribution is -0.187. The van der Waals surface area contributed by atoms with Crippen molar-refractivity contribution in [3.63, 3.8) is 0 Å². The molecule has 0 spiro atoms. The third kappa shape index (κ3) is 5.27. The summed E-state index contributed by atoms with van der Waals surface area (Å²) in [7, 11) is 0. The largest absolute Gasteiger partial charge is 0.429 e. The summed E-state index contributed by atoms with van der Waals surface area (Å²) in [5, 5.41) is 0. The van der Waals surface area contributed by atoms with Gasteiger partial charge in [-0.25, -0.2) is 4.39 Å². The summed E-state index contributed by atoms with van der Waals surface area (Å²) in [4.78, 5) is 0. The molecular formula is C27H33F3O. The van der Waals surface area contributed by atoms with Crippen LogP contribution in [-0.4, -0.2) is 0 Å². The first kappa shape index (κ1) is 22.2. The smallest absolute Gasteiger partial charge is 0.429 e. The molecule has 0 aliphatic heterocycles. The zero-order valence-corrected chi connectivity index (χ0v) is 18.5. The Labute approximate surface area is 184 Å². The molecule has 168 valence electrons. The Balaban J connectivity index is 1.39. The van der Waals surface area contributed by atoms with E-state index in [1.807, 2.05) is 6.92 Å². The van der Waals surface area contributed by atoms with E-state index in [1.165, 1.54) is 62.8 Å². The first-order valence-corrected chi connectivity index (χ1v) is 11.7. The van der Waals surface area contributed by atoms with Crippen LogP contribution in [0.5, 0.6) is 5.75 Å². The molecule has 0 amide bonds. The van der Waals surface area contributed by atoms with E-state index >= 15 is 0 Å². The Morgan fingerprint density at radius 3 is 1.97 bits per heavy atom. The van der Waals surface area contributed by atoms with Crippen LogP contribution in [0.3, 0.4) is 0 Å². The van der Waals surface area contributed by atoms with Crippen LogP contribution in [0.15, 0.2) is 42.5 Å². The molecule has 2 aliphatic carbocycles. The second kappa shape index (κ2) is 9.26. The average Bonchev–Trinajstić information content (AvgIpc) is 2.76. The van der Waals surface area contributed by atoms with Gasteiger partial charge in [0.1, 0.15) is 11.6 Å². The van der Waals surface area contributed by atoms with Crippen LogP contribution in [-0.2, 0) is 6.11 Å². The Bertz CT molecular complexity index is 861. The van der Waals surface area contributed by atoms with Gasteiger partial charge in [-0.2, -0.15) is 8.78 Å². The highest BCUT2D eigenvalue weighted by atomic mass is 19.3. The van der Waals surface area contributed by atoms with Gasteiger partial charge in [-0.1, -0.05) is 43.5 Å². The molecule has 0 unspecified atom stereocenters. The molecule has 0 atom stereocenters. The monoisotopic (exact) mass is 430 g/mol. The molecule has 2 fully saturated rings. The van der Waals surface area contributed by atoms with Crippen molar-refractivity contribution >= 4 is 0 Å². The molecule has 0 N–H and O–H groups in total. The van der Waals surface area contributed by atoms with E-state index in [-0.39, 0.29) is 11.7 Å². The SMILES string of the molecule is Cc1ccc(OC(F)(F)c2ccc(C3CCC(C4CCC(C)CC4)CC3)cc2F)cc1. The van der Waals surface area contributed by atoms with Crippen LogP contribution >= 0.6 is 0 Å². The normalized spacial score (nSPS) is 27.1. The Morgan fingerprint density at radius 2 is 1.39 bits per heavy atom. The average molecular weight is 431 g/mol. The van der Waals surface area contributed by atoms with Gasteiger partial charge in [0.25, 0.3) is 0 Å². The fourth-order valence-electron chi connectivity index (χ4n) is 5.51. The van der Waals surface area contributed by atoms with E-state index in [2.05, 4.69) is 6.92 Å². The van der Waals surface area contributed by atoms with Gasteiger partial charge in [0.2, 0.25) is 0 Å². The first-order valence-electron chi connectivity index (χ1n) is 11.7. The molecule has 0 bridgehead atoms. The van der Waals surface area contributed by atoms with Crippen molar-refractivity contribution in [2.24, 2.45) is 17.8 Å². The predicted octanol–water partition coefficient (Wildman–Crippen LogP) is 8.36. The minimum Gasteiger partial charge on any atom is -0.429 e. The van der Waals surface area contributed by atoms with Crippen LogP contribution in [0.2, 0.25) is 0 Å². The molecule has 4 rings (SSSR count). The fraction of sp³-hybridized carbons (Fsp3) is 0.556. The molecule has 0 heterocycles. The zero-order chi connectivity index (χ0) is 22.0. The van der Waals surface area contributed by atoms with Gasteiger partial charge < -0.3 is 4.74 Å². The van der Waals surface area contributed by atoms with Crippen LogP contribution in [0.1, 0.15) is 80.9 Å². The highest BCUT2D eigenvalue weighted by Crippen LogP contribution is 2.44. The van der Waals surface area contributed by atoms with Gasteiger partial charge in [-0.3, -0.25) is 0 Å². The Hall–Kier alpha value is -1.97. The summed E-state index contributed by atoms with van der Waals surface area (Å²) in [6, 6.07) is 10.5.